The number of carbonyl (C=O) groups is 1. The highest BCUT2D eigenvalue weighted by molar-refractivity contribution is 7.81. The number of rotatable bonds is 4. The van der Waals surface area contributed by atoms with Gasteiger partial charge in [0.15, 0.2) is 5.75 Å². The second-order valence-corrected chi connectivity index (χ2v) is 4.17. The maximum Gasteiger partial charge on any atom is 0.488 e. The Morgan fingerprint density at radius 3 is 2.67 bits per heavy atom. The number of benzene rings is 1. The summed E-state index contributed by atoms with van der Waals surface area (Å²) in [6.45, 7) is 0. The molecule has 0 saturated heterocycles. The van der Waals surface area contributed by atoms with E-state index in [0.29, 0.717) is 0 Å². The molecule has 0 bridgehead atoms. The molecule has 0 N–H and O–H groups in total. The van der Waals surface area contributed by atoms with E-state index in [9.17, 15) is 17.1 Å². The number of hydrogen-bond donors (Lipinski definition) is 0. The summed E-state index contributed by atoms with van der Waals surface area (Å²) in [6, 6.07) is 5.36. The Kier molecular flexibility index (Phi) is 3.11. The molecular weight excluding hydrogens is 265 g/mol. The van der Waals surface area contributed by atoms with Crippen LogP contribution in [0.3, 0.4) is 0 Å². The van der Waals surface area contributed by atoms with Crippen molar-refractivity contribution in [3.05, 3.63) is 47.9 Å². The van der Waals surface area contributed by atoms with E-state index in [1.165, 1.54) is 18.2 Å². The van der Waals surface area contributed by atoms with Gasteiger partial charge in [0, 0.05) is 0 Å². The number of ketones is 1. The fourth-order valence-corrected chi connectivity index (χ4v) is 1.67. The minimum atomic E-state index is -5.19. The van der Waals surface area contributed by atoms with Crippen molar-refractivity contribution in [2.24, 2.45) is 0 Å². The molecule has 94 valence electrons. The first kappa shape index (κ1) is 12.2. The smallest absolute Gasteiger partial charge is 0.364 e. The van der Waals surface area contributed by atoms with E-state index in [0.717, 1.165) is 18.5 Å². The van der Waals surface area contributed by atoms with Gasteiger partial charge in [-0.3, -0.25) is 4.79 Å². The third-order valence-electron chi connectivity index (χ3n) is 2.02. The van der Waals surface area contributed by atoms with Gasteiger partial charge >= 0.3 is 10.5 Å². The van der Waals surface area contributed by atoms with Crippen LogP contribution < -0.4 is 4.18 Å². The van der Waals surface area contributed by atoms with Crippen molar-refractivity contribution in [2.45, 2.75) is 0 Å². The molecule has 0 atom stereocenters. The monoisotopic (exact) mass is 271 g/mol. The predicted octanol–water partition coefficient (Wildman–Crippen LogP) is 1.50. The lowest BCUT2D eigenvalue weighted by Gasteiger charge is -2.05. The van der Waals surface area contributed by atoms with Crippen LogP contribution in [0.2, 0.25) is 0 Å². The molecule has 0 spiro atoms. The fraction of sp³-hybridized carbons (Fsp3) is 0. The third kappa shape index (κ3) is 2.72. The van der Waals surface area contributed by atoms with Gasteiger partial charge < -0.3 is 8.71 Å². The maximum absolute atomic E-state index is 12.5. The van der Waals surface area contributed by atoms with Gasteiger partial charge in [-0.1, -0.05) is 21.2 Å². The van der Waals surface area contributed by atoms with E-state index in [1.54, 1.807) is 0 Å². The molecule has 6 nitrogen and oxygen atoms in total. The lowest BCUT2D eigenvalue weighted by molar-refractivity contribution is 0.103. The number of halogens is 1. The largest absolute Gasteiger partial charge is 0.488 e. The number of nitrogens with zero attached hydrogens (tertiary/aromatic N) is 1. The van der Waals surface area contributed by atoms with Crippen LogP contribution in [-0.4, -0.2) is 19.4 Å². The van der Waals surface area contributed by atoms with E-state index in [2.05, 4.69) is 13.9 Å². The summed E-state index contributed by atoms with van der Waals surface area (Å²) in [4.78, 5) is 11.9. The van der Waals surface area contributed by atoms with Crippen LogP contribution in [0.15, 0.2) is 41.2 Å². The Morgan fingerprint density at radius 1 is 1.33 bits per heavy atom. The first-order valence-corrected chi connectivity index (χ1v) is 5.95. The zero-order chi connectivity index (χ0) is 13.2. The average molecular weight is 271 g/mol. The Bertz CT molecular complexity index is 665. The molecule has 1 heterocycles. The molecule has 2 rings (SSSR count). The zero-order valence-corrected chi connectivity index (χ0v) is 9.56. The Morgan fingerprint density at radius 2 is 2.06 bits per heavy atom. The van der Waals surface area contributed by atoms with Crippen LogP contribution in [0.25, 0.3) is 0 Å². The molecule has 0 aliphatic carbocycles. The van der Waals surface area contributed by atoms with Crippen LogP contribution in [0.4, 0.5) is 3.89 Å². The Balaban J connectivity index is 2.42. The quantitative estimate of drug-likeness (QED) is 0.618. The molecule has 0 amide bonds. The summed E-state index contributed by atoms with van der Waals surface area (Å²) in [5.41, 5.74) is -0.00997. The number of aromatic nitrogens is 1. The van der Waals surface area contributed by atoms with Gasteiger partial charge in [0.25, 0.3) is 0 Å². The van der Waals surface area contributed by atoms with Gasteiger partial charge in [0.1, 0.15) is 6.26 Å². The van der Waals surface area contributed by atoms with Crippen LogP contribution in [0.5, 0.6) is 5.75 Å². The summed E-state index contributed by atoms with van der Waals surface area (Å²) < 4.78 is 41.9. The Hall–Kier alpha value is -2.22. The predicted molar refractivity (Wildman–Crippen MR) is 57.0 cm³/mol. The van der Waals surface area contributed by atoms with E-state index in [4.69, 9.17) is 0 Å². The topological polar surface area (TPSA) is 86.5 Å². The van der Waals surface area contributed by atoms with Gasteiger partial charge in [-0.25, -0.2) is 0 Å². The van der Waals surface area contributed by atoms with Crippen molar-refractivity contribution in [3.8, 4) is 5.75 Å². The highest BCUT2D eigenvalue weighted by atomic mass is 32.3. The molecule has 0 aliphatic heterocycles. The van der Waals surface area contributed by atoms with Gasteiger partial charge in [-0.2, -0.15) is 8.42 Å². The summed E-state index contributed by atoms with van der Waals surface area (Å²) in [7, 11) is -5.19. The summed E-state index contributed by atoms with van der Waals surface area (Å²) in [6.07, 6.45) is 2.24. The second kappa shape index (κ2) is 4.57. The fourth-order valence-electron chi connectivity index (χ4n) is 1.31. The molecule has 8 heteroatoms. The summed E-state index contributed by atoms with van der Waals surface area (Å²) >= 11 is 0. The number of hydrogen-bond acceptors (Lipinski definition) is 6. The highest BCUT2D eigenvalue weighted by Crippen LogP contribution is 2.23. The van der Waals surface area contributed by atoms with Crippen LogP contribution >= 0.6 is 0 Å². The van der Waals surface area contributed by atoms with E-state index < -0.39 is 22.0 Å². The summed E-state index contributed by atoms with van der Waals surface area (Å²) in [5, 5.41) is 3.34. The van der Waals surface area contributed by atoms with Crippen LogP contribution in [0.1, 0.15) is 15.9 Å². The van der Waals surface area contributed by atoms with E-state index >= 15 is 0 Å². The first-order valence-electron chi connectivity index (χ1n) is 4.64. The van der Waals surface area contributed by atoms with Crippen molar-refractivity contribution in [1.29, 1.82) is 0 Å². The van der Waals surface area contributed by atoms with Gasteiger partial charge in [-0.05, 0) is 12.1 Å². The molecule has 2 aromatic rings. The molecule has 1 aromatic heterocycles. The standard InChI is InChI=1S/C10H6FNO5S/c11-18(14,15)17-9-4-2-1-3-8(9)10(13)7-5-12-16-6-7/h1-6H. The molecule has 0 unspecified atom stereocenters. The second-order valence-electron chi connectivity index (χ2n) is 3.21. The maximum atomic E-state index is 12.5. The number of para-hydroxylation sites is 1. The molecule has 1 aromatic carbocycles. The van der Waals surface area contributed by atoms with Crippen molar-refractivity contribution >= 4 is 16.3 Å². The highest BCUT2D eigenvalue weighted by Gasteiger charge is 2.19. The lowest BCUT2D eigenvalue weighted by atomic mass is 10.1. The molecule has 18 heavy (non-hydrogen) atoms. The van der Waals surface area contributed by atoms with Gasteiger partial charge in [0.2, 0.25) is 5.78 Å². The van der Waals surface area contributed by atoms with Crippen molar-refractivity contribution in [2.75, 3.05) is 0 Å². The Labute approximate surface area is 101 Å². The van der Waals surface area contributed by atoms with Gasteiger partial charge in [0.05, 0.1) is 17.3 Å². The third-order valence-corrected chi connectivity index (χ3v) is 2.39. The van der Waals surface area contributed by atoms with Crippen LogP contribution in [-0.2, 0) is 10.5 Å². The minimum Gasteiger partial charge on any atom is -0.364 e. The lowest BCUT2D eigenvalue weighted by Crippen LogP contribution is -2.07. The van der Waals surface area contributed by atoms with Crippen LogP contribution in [0, 0.1) is 0 Å². The molecule has 0 saturated carbocycles. The normalized spacial score (nSPS) is 11.2. The zero-order valence-electron chi connectivity index (χ0n) is 8.74. The number of carbonyl (C=O) groups excluding carboxylic acids is 1. The molecular formula is C10H6FNO5S. The first-order chi connectivity index (χ1) is 8.47. The van der Waals surface area contributed by atoms with E-state index in [1.807, 2.05) is 0 Å². The molecule has 0 radical (unpaired) electrons. The molecule has 0 aliphatic rings. The summed E-state index contributed by atoms with van der Waals surface area (Å²) in [5.74, 6) is -0.985. The van der Waals surface area contributed by atoms with Crippen molar-refractivity contribution in [1.82, 2.24) is 5.16 Å². The average Bonchev–Trinajstić information content (AvgIpc) is 2.80. The SMILES string of the molecule is O=C(c1cnoc1)c1ccccc1OS(=O)(=O)F. The van der Waals surface area contributed by atoms with E-state index in [-0.39, 0.29) is 11.1 Å². The van der Waals surface area contributed by atoms with Crippen molar-refractivity contribution in [3.63, 3.8) is 0 Å². The van der Waals surface area contributed by atoms with Crippen molar-refractivity contribution < 1.29 is 25.8 Å². The minimum absolute atomic E-state index is 0.0994. The molecule has 0 fully saturated rings. The van der Waals surface area contributed by atoms with Gasteiger partial charge in [-0.15, -0.1) is 0 Å².